The molecule has 2 aromatic carbocycles. The van der Waals surface area contributed by atoms with Crippen molar-refractivity contribution >= 4 is 17.7 Å². The predicted molar refractivity (Wildman–Crippen MR) is 160 cm³/mol. The topological polar surface area (TPSA) is 147 Å². The molecule has 1 saturated carbocycles. The van der Waals surface area contributed by atoms with Gasteiger partial charge in [0.2, 0.25) is 0 Å². The van der Waals surface area contributed by atoms with Crippen LogP contribution in [0.3, 0.4) is 0 Å². The van der Waals surface area contributed by atoms with Gasteiger partial charge in [0.1, 0.15) is 11.9 Å². The van der Waals surface area contributed by atoms with Crippen LogP contribution in [0.5, 0.6) is 5.75 Å². The van der Waals surface area contributed by atoms with E-state index in [9.17, 15) is 24.9 Å². The summed E-state index contributed by atoms with van der Waals surface area (Å²) in [7, 11) is 0. The van der Waals surface area contributed by atoms with E-state index in [2.05, 4.69) is 5.32 Å². The van der Waals surface area contributed by atoms with E-state index in [1.165, 1.54) is 13.0 Å². The molecule has 0 heterocycles. The monoisotopic (exact) mass is 602 g/mol. The van der Waals surface area contributed by atoms with Crippen molar-refractivity contribution in [1.82, 2.24) is 5.32 Å². The summed E-state index contributed by atoms with van der Waals surface area (Å²) in [6.45, 7) is 4.03. The van der Waals surface area contributed by atoms with Gasteiger partial charge in [0.25, 0.3) is 0 Å². The van der Waals surface area contributed by atoms with Gasteiger partial charge in [-0.25, -0.2) is 9.59 Å². The van der Waals surface area contributed by atoms with Gasteiger partial charge in [0.15, 0.2) is 0 Å². The summed E-state index contributed by atoms with van der Waals surface area (Å²) >= 11 is 0. The molecule has 1 fully saturated rings. The summed E-state index contributed by atoms with van der Waals surface area (Å²) < 4.78 is 16.9. The lowest BCUT2D eigenvalue weighted by atomic mass is 10.1. The van der Waals surface area contributed by atoms with Crippen molar-refractivity contribution < 1.29 is 44.0 Å². The molecule has 0 saturated heterocycles. The van der Waals surface area contributed by atoms with Crippen LogP contribution < -0.4 is 10.4 Å². The predicted octanol–water partition coefficient (Wildman–Crippen LogP) is 4.67. The number of aliphatic hydroxyl groups is 2. The maximum atomic E-state index is 12.7. The fourth-order valence-electron chi connectivity index (χ4n) is 4.81. The number of nitrogens with zero attached hydrogens (tertiary/aromatic N) is 1. The molecule has 2 aromatic rings. The molecule has 238 valence electrons. The SMILES string of the molecule is CC(=O)ON(C(=O)OC1CCCC1)c1cccc(COCCOCCCCCCNC[C@@H](O)c2ccc(O)c(CO)c2)c1. The van der Waals surface area contributed by atoms with Crippen molar-refractivity contribution in [1.29, 1.82) is 0 Å². The van der Waals surface area contributed by atoms with Crippen LogP contribution in [0.1, 0.15) is 81.1 Å². The molecular formula is C32H46N2O9. The summed E-state index contributed by atoms with van der Waals surface area (Å²) in [6.07, 6.45) is 6.14. The van der Waals surface area contributed by atoms with Crippen LogP contribution in [0.15, 0.2) is 42.5 Å². The highest BCUT2D eigenvalue weighted by Crippen LogP contribution is 2.25. The van der Waals surface area contributed by atoms with E-state index >= 15 is 0 Å². The number of amides is 1. The van der Waals surface area contributed by atoms with Crippen LogP contribution in [0.2, 0.25) is 0 Å². The lowest BCUT2D eigenvalue weighted by Crippen LogP contribution is -2.35. The Labute approximate surface area is 253 Å². The van der Waals surface area contributed by atoms with Crippen LogP contribution in [0.25, 0.3) is 0 Å². The summed E-state index contributed by atoms with van der Waals surface area (Å²) in [5.41, 5.74) is 2.28. The summed E-state index contributed by atoms with van der Waals surface area (Å²) in [5.74, 6) is -0.589. The zero-order chi connectivity index (χ0) is 30.9. The number of hydroxylamine groups is 1. The van der Waals surface area contributed by atoms with Crippen LogP contribution in [-0.2, 0) is 37.1 Å². The lowest BCUT2D eigenvalue weighted by Gasteiger charge is -2.22. The number of unbranched alkanes of at least 4 members (excludes halogenated alkanes) is 3. The average Bonchev–Trinajstić information content (AvgIpc) is 3.51. The number of nitrogens with one attached hydrogen (secondary N) is 1. The van der Waals surface area contributed by atoms with E-state index in [1.54, 1.807) is 30.3 Å². The zero-order valence-electron chi connectivity index (χ0n) is 25.0. The lowest BCUT2D eigenvalue weighted by molar-refractivity contribution is -0.142. The molecule has 0 unspecified atom stereocenters. The molecule has 43 heavy (non-hydrogen) atoms. The summed E-state index contributed by atoms with van der Waals surface area (Å²) in [5, 5.41) is 33.3. The first-order valence-electron chi connectivity index (χ1n) is 15.1. The second kappa shape index (κ2) is 19.1. The van der Waals surface area contributed by atoms with Crippen LogP contribution >= 0.6 is 0 Å². The molecular weight excluding hydrogens is 556 g/mol. The second-order valence-electron chi connectivity index (χ2n) is 10.7. The van der Waals surface area contributed by atoms with Gasteiger partial charge in [0, 0.05) is 25.6 Å². The Morgan fingerprint density at radius 2 is 1.77 bits per heavy atom. The highest BCUT2D eigenvalue weighted by atomic mass is 16.8. The quantitative estimate of drug-likeness (QED) is 0.140. The first-order chi connectivity index (χ1) is 20.9. The van der Waals surface area contributed by atoms with E-state index in [0.29, 0.717) is 49.8 Å². The van der Waals surface area contributed by atoms with E-state index < -0.39 is 18.2 Å². The maximum absolute atomic E-state index is 12.7. The molecule has 11 heteroatoms. The molecule has 0 bridgehead atoms. The Morgan fingerprint density at radius 3 is 2.53 bits per heavy atom. The van der Waals surface area contributed by atoms with Crippen LogP contribution in [-0.4, -0.2) is 66.4 Å². The third kappa shape index (κ3) is 12.5. The number of hydrogen-bond acceptors (Lipinski definition) is 10. The molecule has 11 nitrogen and oxygen atoms in total. The highest BCUT2D eigenvalue weighted by Gasteiger charge is 2.26. The number of hydrogen-bond donors (Lipinski definition) is 4. The normalized spacial score (nSPS) is 14.0. The molecule has 0 aliphatic heterocycles. The molecule has 0 radical (unpaired) electrons. The van der Waals surface area contributed by atoms with Gasteiger partial charge in [-0.3, -0.25) is 0 Å². The first-order valence-corrected chi connectivity index (χ1v) is 15.1. The van der Waals surface area contributed by atoms with Gasteiger partial charge >= 0.3 is 12.1 Å². The number of benzene rings is 2. The van der Waals surface area contributed by atoms with Gasteiger partial charge in [0.05, 0.1) is 38.2 Å². The standard InChI is InChI=1S/C32H46N2O9/c1-24(36)43-34(32(39)42-29-11-4-5-12-29)28-10-8-9-25(19-28)23-41-18-17-40-16-7-3-2-6-15-33-21-31(38)26-13-14-30(37)27(20-26)22-35/h8-10,13-14,19-20,29,31,33,35,37-38H,2-7,11-12,15-18,21-23H2,1H3/t31-/m1/s1. The number of anilines is 1. The fourth-order valence-corrected chi connectivity index (χ4v) is 4.81. The number of aliphatic hydroxyl groups excluding tert-OH is 2. The number of carbonyl (C=O) groups is 2. The summed E-state index contributed by atoms with van der Waals surface area (Å²) in [4.78, 5) is 29.4. The van der Waals surface area contributed by atoms with Crippen molar-refractivity contribution in [3.8, 4) is 5.75 Å². The minimum absolute atomic E-state index is 0.0230. The van der Waals surface area contributed by atoms with Crippen molar-refractivity contribution in [2.24, 2.45) is 0 Å². The molecule has 0 spiro atoms. The molecule has 1 aliphatic rings. The molecule has 4 N–H and O–H groups in total. The Bertz CT molecular complexity index is 1120. The van der Waals surface area contributed by atoms with Crippen molar-refractivity contribution in [3.05, 3.63) is 59.2 Å². The van der Waals surface area contributed by atoms with Gasteiger partial charge in [-0.2, -0.15) is 0 Å². The van der Waals surface area contributed by atoms with Gasteiger partial charge in [-0.1, -0.05) is 31.0 Å². The largest absolute Gasteiger partial charge is 0.508 e. The fraction of sp³-hybridized carbons (Fsp3) is 0.562. The Balaban J connectivity index is 1.22. The smallest absolute Gasteiger partial charge is 0.448 e. The van der Waals surface area contributed by atoms with Crippen molar-refractivity contribution in [3.63, 3.8) is 0 Å². The van der Waals surface area contributed by atoms with Gasteiger partial charge in [-0.15, -0.1) is 5.06 Å². The molecule has 0 aromatic heterocycles. The third-order valence-electron chi connectivity index (χ3n) is 7.13. The maximum Gasteiger partial charge on any atom is 0.448 e. The average molecular weight is 603 g/mol. The highest BCUT2D eigenvalue weighted by molar-refractivity contribution is 5.88. The van der Waals surface area contributed by atoms with Gasteiger partial charge in [-0.05, 0) is 80.5 Å². The number of aromatic hydroxyl groups is 1. The number of rotatable bonds is 18. The van der Waals surface area contributed by atoms with Crippen molar-refractivity contribution in [2.45, 2.75) is 83.7 Å². The minimum Gasteiger partial charge on any atom is -0.508 e. The third-order valence-corrected chi connectivity index (χ3v) is 7.13. The van der Waals surface area contributed by atoms with Crippen LogP contribution in [0.4, 0.5) is 10.5 Å². The minimum atomic E-state index is -0.703. The first kappa shape index (κ1) is 34.3. The number of phenols is 1. The van der Waals surface area contributed by atoms with E-state index in [1.807, 2.05) is 6.07 Å². The number of ether oxygens (including phenoxy) is 3. The van der Waals surface area contributed by atoms with E-state index in [0.717, 1.165) is 68.5 Å². The molecule has 1 amide bonds. The van der Waals surface area contributed by atoms with Gasteiger partial charge < -0.3 is 39.7 Å². The second-order valence-corrected chi connectivity index (χ2v) is 10.7. The zero-order valence-corrected chi connectivity index (χ0v) is 25.0. The molecule has 3 rings (SSSR count). The molecule has 1 aliphatic carbocycles. The van der Waals surface area contributed by atoms with E-state index in [4.69, 9.17) is 19.0 Å². The Kier molecular flexibility index (Phi) is 15.3. The van der Waals surface area contributed by atoms with Crippen molar-refractivity contribution in [2.75, 3.05) is 38.0 Å². The Morgan fingerprint density at radius 1 is 1.00 bits per heavy atom. The number of carbonyl (C=O) groups excluding carboxylic acids is 2. The Hall–Kier alpha value is -3.22. The molecule has 1 atom stereocenters. The summed E-state index contributed by atoms with van der Waals surface area (Å²) in [6, 6.07) is 11.8. The van der Waals surface area contributed by atoms with Crippen LogP contribution in [0, 0.1) is 0 Å². The van der Waals surface area contributed by atoms with E-state index in [-0.39, 0.29) is 18.5 Å².